The standard InChI is InChI=1S/C12H11Cl2NO3/c13-9-3-1-2-8(11(9)14)12(17)18-6-10(16)15-7-4-5-7/h1-3,7H,4-6H2,(H,15,16). The molecule has 18 heavy (non-hydrogen) atoms. The molecular weight excluding hydrogens is 277 g/mol. The number of amides is 1. The molecule has 2 rings (SSSR count). The van der Waals surface area contributed by atoms with Gasteiger partial charge in [-0.15, -0.1) is 0 Å². The molecule has 4 nitrogen and oxygen atoms in total. The second-order valence-electron chi connectivity index (χ2n) is 4.02. The number of carbonyl (C=O) groups excluding carboxylic acids is 2. The lowest BCUT2D eigenvalue weighted by molar-refractivity contribution is -0.124. The summed E-state index contributed by atoms with van der Waals surface area (Å²) < 4.78 is 4.86. The lowest BCUT2D eigenvalue weighted by Crippen LogP contribution is -2.30. The summed E-state index contributed by atoms with van der Waals surface area (Å²) in [6.07, 6.45) is 1.97. The van der Waals surface area contributed by atoms with Crippen LogP contribution >= 0.6 is 23.2 Å². The Labute approximate surface area is 114 Å². The highest BCUT2D eigenvalue weighted by atomic mass is 35.5. The molecule has 0 aromatic heterocycles. The summed E-state index contributed by atoms with van der Waals surface area (Å²) in [5.41, 5.74) is 0.156. The van der Waals surface area contributed by atoms with Gasteiger partial charge in [0, 0.05) is 6.04 Å². The lowest BCUT2D eigenvalue weighted by Gasteiger charge is -2.07. The van der Waals surface area contributed by atoms with Crippen LogP contribution in [0.2, 0.25) is 10.0 Å². The molecule has 0 unspecified atom stereocenters. The van der Waals surface area contributed by atoms with Gasteiger partial charge in [0.1, 0.15) is 0 Å². The first kappa shape index (κ1) is 13.2. The van der Waals surface area contributed by atoms with E-state index in [1.54, 1.807) is 12.1 Å². The van der Waals surface area contributed by atoms with Gasteiger partial charge in [-0.1, -0.05) is 29.3 Å². The van der Waals surface area contributed by atoms with Crippen molar-refractivity contribution in [2.45, 2.75) is 18.9 Å². The predicted molar refractivity (Wildman–Crippen MR) is 67.9 cm³/mol. The highest BCUT2D eigenvalue weighted by Gasteiger charge is 2.24. The van der Waals surface area contributed by atoms with Crippen LogP contribution in [-0.4, -0.2) is 24.5 Å². The Bertz CT molecular complexity index is 486. The SMILES string of the molecule is O=C(COC(=O)c1cccc(Cl)c1Cl)NC1CC1. The van der Waals surface area contributed by atoms with Crippen molar-refractivity contribution in [2.75, 3.05) is 6.61 Å². The Morgan fingerprint density at radius 3 is 2.72 bits per heavy atom. The van der Waals surface area contributed by atoms with Gasteiger partial charge in [-0.2, -0.15) is 0 Å². The summed E-state index contributed by atoms with van der Waals surface area (Å²) in [6.45, 7) is -0.307. The molecular formula is C12H11Cl2NO3. The van der Waals surface area contributed by atoms with E-state index >= 15 is 0 Å². The van der Waals surface area contributed by atoms with E-state index in [1.807, 2.05) is 0 Å². The normalized spacial score (nSPS) is 14.1. The molecule has 0 aliphatic heterocycles. The van der Waals surface area contributed by atoms with Gasteiger partial charge in [0.15, 0.2) is 6.61 Å². The van der Waals surface area contributed by atoms with Crippen molar-refractivity contribution in [3.05, 3.63) is 33.8 Å². The van der Waals surface area contributed by atoms with Gasteiger partial charge in [0.2, 0.25) is 0 Å². The first-order chi connectivity index (χ1) is 8.58. The molecule has 1 fully saturated rings. The van der Waals surface area contributed by atoms with Crippen LogP contribution in [0.5, 0.6) is 0 Å². The minimum Gasteiger partial charge on any atom is -0.452 e. The van der Waals surface area contributed by atoms with Crippen LogP contribution in [0.15, 0.2) is 18.2 Å². The van der Waals surface area contributed by atoms with Gasteiger partial charge in [0.25, 0.3) is 5.91 Å². The summed E-state index contributed by atoms with van der Waals surface area (Å²) in [7, 11) is 0. The average molecular weight is 288 g/mol. The Morgan fingerprint density at radius 1 is 1.33 bits per heavy atom. The van der Waals surface area contributed by atoms with Crippen molar-refractivity contribution in [1.82, 2.24) is 5.32 Å². The van der Waals surface area contributed by atoms with Gasteiger partial charge in [-0.05, 0) is 25.0 Å². The van der Waals surface area contributed by atoms with Crippen LogP contribution in [0.1, 0.15) is 23.2 Å². The highest BCUT2D eigenvalue weighted by Crippen LogP contribution is 2.26. The Hall–Kier alpha value is -1.26. The molecule has 0 saturated heterocycles. The van der Waals surface area contributed by atoms with Gasteiger partial charge in [0.05, 0.1) is 15.6 Å². The second-order valence-corrected chi connectivity index (χ2v) is 4.80. The van der Waals surface area contributed by atoms with E-state index in [9.17, 15) is 9.59 Å². The van der Waals surface area contributed by atoms with Crippen molar-refractivity contribution in [1.29, 1.82) is 0 Å². The van der Waals surface area contributed by atoms with Crippen LogP contribution in [0.4, 0.5) is 0 Å². The summed E-state index contributed by atoms with van der Waals surface area (Å²) in [6, 6.07) is 4.90. The third kappa shape index (κ3) is 3.37. The summed E-state index contributed by atoms with van der Waals surface area (Å²) in [5, 5.41) is 3.11. The topological polar surface area (TPSA) is 55.4 Å². The number of carbonyl (C=O) groups is 2. The Balaban J connectivity index is 1.90. The molecule has 1 amide bonds. The van der Waals surface area contributed by atoms with Gasteiger partial charge in [-0.3, -0.25) is 4.79 Å². The fourth-order valence-electron chi connectivity index (χ4n) is 1.37. The van der Waals surface area contributed by atoms with Gasteiger partial charge < -0.3 is 10.1 Å². The first-order valence-corrected chi connectivity index (χ1v) is 6.24. The molecule has 6 heteroatoms. The van der Waals surface area contributed by atoms with E-state index in [0.29, 0.717) is 0 Å². The Kier molecular flexibility index (Phi) is 4.09. The fourth-order valence-corrected chi connectivity index (χ4v) is 1.74. The maximum Gasteiger partial charge on any atom is 0.340 e. The summed E-state index contributed by atoms with van der Waals surface area (Å²) >= 11 is 11.6. The molecule has 0 radical (unpaired) electrons. The third-order valence-corrected chi connectivity index (χ3v) is 3.27. The van der Waals surface area contributed by atoms with E-state index in [4.69, 9.17) is 27.9 Å². The van der Waals surface area contributed by atoms with E-state index in [1.165, 1.54) is 6.07 Å². The van der Waals surface area contributed by atoms with Crippen LogP contribution < -0.4 is 5.32 Å². The number of hydrogen-bond donors (Lipinski definition) is 1. The third-order valence-electron chi connectivity index (χ3n) is 2.45. The molecule has 1 aliphatic rings. The highest BCUT2D eigenvalue weighted by molar-refractivity contribution is 6.43. The number of halogens is 2. The summed E-state index contributed by atoms with van der Waals surface area (Å²) in [5.74, 6) is -0.961. The van der Waals surface area contributed by atoms with E-state index in [-0.39, 0.29) is 34.2 Å². The molecule has 1 aromatic rings. The average Bonchev–Trinajstić information content (AvgIpc) is 3.13. The van der Waals surface area contributed by atoms with Crippen molar-refractivity contribution < 1.29 is 14.3 Å². The van der Waals surface area contributed by atoms with E-state index in [2.05, 4.69) is 5.32 Å². The molecule has 1 saturated carbocycles. The molecule has 0 spiro atoms. The quantitative estimate of drug-likeness (QED) is 0.866. The maximum absolute atomic E-state index is 11.7. The zero-order valence-corrected chi connectivity index (χ0v) is 10.9. The van der Waals surface area contributed by atoms with Crippen molar-refractivity contribution in [3.8, 4) is 0 Å². The van der Waals surface area contributed by atoms with Gasteiger partial charge >= 0.3 is 5.97 Å². The molecule has 0 atom stereocenters. The number of benzene rings is 1. The number of hydrogen-bond acceptors (Lipinski definition) is 3. The van der Waals surface area contributed by atoms with E-state index < -0.39 is 5.97 Å². The van der Waals surface area contributed by atoms with E-state index in [0.717, 1.165) is 12.8 Å². The second kappa shape index (κ2) is 5.59. The lowest BCUT2D eigenvalue weighted by atomic mass is 10.2. The number of nitrogens with one attached hydrogen (secondary N) is 1. The molecule has 1 N–H and O–H groups in total. The molecule has 1 aromatic carbocycles. The maximum atomic E-state index is 11.7. The first-order valence-electron chi connectivity index (χ1n) is 5.48. The summed E-state index contributed by atoms with van der Waals surface area (Å²) in [4.78, 5) is 23.0. The van der Waals surface area contributed by atoms with Crippen LogP contribution in [-0.2, 0) is 9.53 Å². The predicted octanol–water partition coefficient (Wildman–Crippen LogP) is 2.43. The number of ether oxygens (including phenoxy) is 1. The van der Waals surface area contributed by atoms with Crippen molar-refractivity contribution in [2.24, 2.45) is 0 Å². The monoisotopic (exact) mass is 287 g/mol. The zero-order valence-electron chi connectivity index (χ0n) is 9.41. The minimum absolute atomic E-state index is 0.131. The fraction of sp³-hybridized carbons (Fsp3) is 0.333. The molecule has 96 valence electrons. The molecule has 0 heterocycles. The Morgan fingerprint density at radius 2 is 2.06 bits per heavy atom. The largest absolute Gasteiger partial charge is 0.452 e. The van der Waals surface area contributed by atoms with Crippen molar-refractivity contribution in [3.63, 3.8) is 0 Å². The van der Waals surface area contributed by atoms with Crippen LogP contribution in [0.3, 0.4) is 0 Å². The smallest absolute Gasteiger partial charge is 0.340 e. The van der Waals surface area contributed by atoms with Crippen LogP contribution in [0.25, 0.3) is 0 Å². The minimum atomic E-state index is -0.659. The zero-order chi connectivity index (χ0) is 13.1. The number of esters is 1. The van der Waals surface area contributed by atoms with Crippen LogP contribution in [0, 0.1) is 0 Å². The van der Waals surface area contributed by atoms with Crippen molar-refractivity contribution >= 4 is 35.1 Å². The van der Waals surface area contributed by atoms with Gasteiger partial charge in [-0.25, -0.2) is 4.79 Å². The molecule has 1 aliphatic carbocycles. The molecule has 0 bridgehead atoms. The number of rotatable bonds is 4.